The van der Waals surface area contributed by atoms with Crippen molar-refractivity contribution in [2.24, 2.45) is 0 Å². The van der Waals surface area contributed by atoms with Crippen LogP contribution < -0.4 is 5.32 Å². The van der Waals surface area contributed by atoms with Crippen LogP contribution in [0.25, 0.3) is 0 Å². The smallest absolute Gasteiger partial charge is 0.253 e. The van der Waals surface area contributed by atoms with E-state index >= 15 is 0 Å². The Morgan fingerprint density at radius 2 is 2.22 bits per heavy atom. The van der Waals surface area contributed by atoms with Gasteiger partial charge in [-0.25, -0.2) is 0 Å². The number of rotatable bonds is 4. The molecule has 6 nitrogen and oxygen atoms in total. The Bertz CT molecular complexity index is 674. The quantitative estimate of drug-likeness (QED) is 0.934. The number of carbonyl (C=O) groups excluding carboxylic acids is 1. The van der Waals surface area contributed by atoms with Crippen molar-refractivity contribution in [3.8, 4) is 0 Å². The molecule has 1 atom stereocenters. The normalized spacial score (nSPS) is 18.3. The molecule has 1 unspecified atom stereocenters. The summed E-state index contributed by atoms with van der Waals surface area (Å²) in [6.07, 6.45) is 2.58. The van der Waals surface area contributed by atoms with Crippen LogP contribution in [0.3, 0.4) is 0 Å². The minimum atomic E-state index is -0.0540. The molecule has 2 aromatic heterocycles. The van der Waals surface area contributed by atoms with E-state index in [1.807, 2.05) is 32.9 Å². The number of nitrogens with one attached hydrogen (secondary N) is 1. The van der Waals surface area contributed by atoms with Crippen molar-refractivity contribution >= 4 is 5.91 Å². The molecule has 1 amide bonds. The van der Waals surface area contributed by atoms with Gasteiger partial charge >= 0.3 is 0 Å². The molecular weight excluding hydrogens is 292 g/mol. The average Bonchev–Trinajstić information content (AvgIpc) is 3.09. The van der Waals surface area contributed by atoms with Crippen molar-refractivity contribution < 1.29 is 9.32 Å². The van der Waals surface area contributed by atoms with E-state index in [9.17, 15) is 4.79 Å². The third kappa shape index (κ3) is 3.59. The maximum Gasteiger partial charge on any atom is 0.253 e. The number of nitrogens with zero attached hydrogens (tertiary/aromatic N) is 3. The number of carbonyl (C=O) groups is 1. The van der Waals surface area contributed by atoms with Crippen LogP contribution in [0.2, 0.25) is 0 Å². The molecule has 0 aromatic carbocycles. The minimum Gasteiger partial charge on any atom is -0.361 e. The molecule has 1 N–H and O–H groups in total. The van der Waals surface area contributed by atoms with E-state index in [2.05, 4.69) is 20.4 Å². The van der Waals surface area contributed by atoms with Crippen LogP contribution in [0.4, 0.5) is 0 Å². The van der Waals surface area contributed by atoms with E-state index in [0.717, 1.165) is 48.8 Å². The molecule has 1 aliphatic heterocycles. The molecule has 0 radical (unpaired) electrons. The van der Waals surface area contributed by atoms with Gasteiger partial charge in [-0.3, -0.25) is 14.7 Å². The van der Waals surface area contributed by atoms with Gasteiger partial charge < -0.3 is 9.84 Å². The predicted molar refractivity (Wildman–Crippen MR) is 86.1 cm³/mol. The Labute approximate surface area is 135 Å². The van der Waals surface area contributed by atoms with Gasteiger partial charge in [-0.1, -0.05) is 5.16 Å². The van der Waals surface area contributed by atoms with Crippen molar-refractivity contribution in [3.05, 3.63) is 46.6 Å². The fourth-order valence-electron chi connectivity index (χ4n) is 2.92. The second kappa shape index (κ2) is 6.50. The first kappa shape index (κ1) is 15.7. The van der Waals surface area contributed by atoms with Crippen molar-refractivity contribution in [3.63, 3.8) is 0 Å². The van der Waals surface area contributed by atoms with Crippen LogP contribution in [0, 0.1) is 20.8 Å². The Kier molecular flexibility index (Phi) is 4.43. The van der Waals surface area contributed by atoms with Crippen LogP contribution >= 0.6 is 0 Å². The van der Waals surface area contributed by atoms with E-state index in [1.165, 1.54) is 0 Å². The van der Waals surface area contributed by atoms with Gasteiger partial charge in [0.05, 0.1) is 11.3 Å². The van der Waals surface area contributed by atoms with Gasteiger partial charge in [0.15, 0.2) is 0 Å². The molecule has 3 rings (SSSR count). The SMILES string of the molecule is Cc1ccc(C(=O)NC2CCN(Cc3c(C)noc3C)C2)cn1. The second-order valence-electron chi connectivity index (χ2n) is 6.19. The van der Waals surface area contributed by atoms with Crippen molar-refractivity contribution in [1.29, 1.82) is 0 Å². The molecule has 0 saturated carbocycles. The first-order valence-corrected chi connectivity index (χ1v) is 7.90. The summed E-state index contributed by atoms with van der Waals surface area (Å²) in [6.45, 7) is 8.43. The van der Waals surface area contributed by atoms with Gasteiger partial charge in [0, 0.05) is 43.1 Å². The summed E-state index contributed by atoms with van der Waals surface area (Å²) in [5.41, 5.74) is 3.62. The van der Waals surface area contributed by atoms with E-state index in [0.29, 0.717) is 5.56 Å². The minimum absolute atomic E-state index is 0.0540. The molecule has 6 heteroatoms. The van der Waals surface area contributed by atoms with Gasteiger partial charge in [-0.05, 0) is 39.3 Å². The lowest BCUT2D eigenvalue weighted by atomic mass is 10.2. The molecule has 122 valence electrons. The van der Waals surface area contributed by atoms with Crippen LogP contribution in [0.5, 0.6) is 0 Å². The summed E-state index contributed by atoms with van der Waals surface area (Å²) in [4.78, 5) is 18.7. The number of hydrogen-bond acceptors (Lipinski definition) is 5. The number of aryl methyl sites for hydroxylation is 3. The zero-order valence-corrected chi connectivity index (χ0v) is 13.8. The lowest BCUT2D eigenvalue weighted by Gasteiger charge is -2.16. The lowest BCUT2D eigenvalue weighted by Crippen LogP contribution is -2.37. The summed E-state index contributed by atoms with van der Waals surface area (Å²) >= 11 is 0. The van der Waals surface area contributed by atoms with Gasteiger partial charge in [-0.15, -0.1) is 0 Å². The van der Waals surface area contributed by atoms with Gasteiger partial charge in [0.25, 0.3) is 5.91 Å². The predicted octanol–water partition coefficient (Wildman–Crippen LogP) is 2.00. The van der Waals surface area contributed by atoms with E-state index in [1.54, 1.807) is 6.20 Å². The summed E-state index contributed by atoms with van der Waals surface area (Å²) < 4.78 is 5.21. The summed E-state index contributed by atoms with van der Waals surface area (Å²) in [6, 6.07) is 3.84. The second-order valence-corrected chi connectivity index (χ2v) is 6.19. The third-order valence-corrected chi connectivity index (χ3v) is 4.34. The Balaban J connectivity index is 1.55. The van der Waals surface area contributed by atoms with E-state index in [4.69, 9.17) is 4.52 Å². The summed E-state index contributed by atoms with van der Waals surface area (Å²) in [7, 11) is 0. The monoisotopic (exact) mass is 314 g/mol. The van der Waals surface area contributed by atoms with Crippen molar-refractivity contribution in [2.75, 3.05) is 13.1 Å². The zero-order chi connectivity index (χ0) is 16.4. The standard InChI is InChI=1S/C17H22N4O2/c1-11-4-5-14(8-18-11)17(22)19-15-6-7-21(9-15)10-16-12(2)20-23-13(16)3/h4-5,8,15H,6-7,9-10H2,1-3H3,(H,19,22). The molecule has 3 heterocycles. The molecule has 0 spiro atoms. The zero-order valence-electron chi connectivity index (χ0n) is 13.8. The van der Waals surface area contributed by atoms with Crippen LogP contribution in [0.15, 0.2) is 22.9 Å². The highest BCUT2D eigenvalue weighted by molar-refractivity contribution is 5.94. The first-order chi connectivity index (χ1) is 11.0. The van der Waals surface area contributed by atoms with Crippen LogP contribution in [-0.2, 0) is 6.54 Å². The van der Waals surface area contributed by atoms with Gasteiger partial charge in [0.2, 0.25) is 0 Å². The van der Waals surface area contributed by atoms with Crippen molar-refractivity contribution in [2.45, 2.75) is 39.8 Å². The molecular formula is C17H22N4O2. The molecule has 0 aliphatic carbocycles. The fourth-order valence-corrected chi connectivity index (χ4v) is 2.92. The molecule has 0 bridgehead atoms. The van der Waals surface area contributed by atoms with Gasteiger partial charge in [0.1, 0.15) is 5.76 Å². The lowest BCUT2D eigenvalue weighted by molar-refractivity contribution is 0.0937. The number of hydrogen-bond donors (Lipinski definition) is 1. The highest BCUT2D eigenvalue weighted by Crippen LogP contribution is 2.19. The number of amides is 1. The number of likely N-dealkylation sites (tertiary alicyclic amines) is 1. The topological polar surface area (TPSA) is 71.3 Å². The van der Waals surface area contributed by atoms with Crippen LogP contribution in [0.1, 0.15) is 39.5 Å². The molecule has 1 fully saturated rings. The third-order valence-electron chi connectivity index (χ3n) is 4.34. The first-order valence-electron chi connectivity index (χ1n) is 7.90. The maximum atomic E-state index is 12.2. The molecule has 1 aliphatic rings. The average molecular weight is 314 g/mol. The van der Waals surface area contributed by atoms with E-state index in [-0.39, 0.29) is 11.9 Å². The number of aromatic nitrogens is 2. The molecule has 2 aromatic rings. The Morgan fingerprint density at radius 1 is 1.39 bits per heavy atom. The molecule has 1 saturated heterocycles. The molecule has 23 heavy (non-hydrogen) atoms. The Morgan fingerprint density at radius 3 is 2.87 bits per heavy atom. The highest BCUT2D eigenvalue weighted by Gasteiger charge is 2.25. The fraction of sp³-hybridized carbons (Fsp3) is 0.471. The van der Waals surface area contributed by atoms with Crippen LogP contribution in [-0.4, -0.2) is 40.1 Å². The number of pyridine rings is 1. The highest BCUT2D eigenvalue weighted by atomic mass is 16.5. The summed E-state index contributed by atoms with van der Waals surface area (Å²) in [5.74, 6) is 0.822. The van der Waals surface area contributed by atoms with Crippen molar-refractivity contribution in [1.82, 2.24) is 20.4 Å². The Hall–Kier alpha value is -2.21. The maximum absolute atomic E-state index is 12.2. The van der Waals surface area contributed by atoms with E-state index < -0.39 is 0 Å². The van der Waals surface area contributed by atoms with Gasteiger partial charge in [-0.2, -0.15) is 0 Å². The summed E-state index contributed by atoms with van der Waals surface area (Å²) in [5, 5.41) is 7.09. The largest absolute Gasteiger partial charge is 0.361 e.